The van der Waals surface area contributed by atoms with Gasteiger partial charge in [0.1, 0.15) is 0 Å². The molecule has 2 aromatic heterocycles. The van der Waals surface area contributed by atoms with E-state index in [1.165, 1.54) is 11.3 Å². The number of benzene rings is 2. The summed E-state index contributed by atoms with van der Waals surface area (Å²) >= 11 is 1.51. The largest absolute Gasteiger partial charge is 0.343 e. The van der Waals surface area contributed by atoms with E-state index < -0.39 is 0 Å². The van der Waals surface area contributed by atoms with Crippen molar-refractivity contribution < 1.29 is 9.59 Å². The second-order valence-electron chi connectivity index (χ2n) is 5.87. The lowest BCUT2D eigenvalue weighted by atomic mass is 10.2. The normalized spacial score (nSPS) is 10.7. The van der Waals surface area contributed by atoms with E-state index in [2.05, 4.69) is 15.6 Å². The van der Waals surface area contributed by atoms with Crippen LogP contribution in [0.2, 0.25) is 0 Å². The molecule has 4 rings (SSSR count). The third kappa shape index (κ3) is 3.88. The molecule has 0 fully saturated rings. The average Bonchev–Trinajstić information content (AvgIpc) is 3.35. The van der Waals surface area contributed by atoms with E-state index in [4.69, 9.17) is 0 Å². The van der Waals surface area contributed by atoms with Gasteiger partial charge in [-0.05, 0) is 42.5 Å². The number of aromatic nitrogens is 2. The molecular formula is C20H16N4O2S. The first-order valence-electron chi connectivity index (χ1n) is 8.36. The Morgan fingerprint density at radius 2 is 1.78 bits per heavy atom. The van der Waals surface area contributed by atoms with Crippen molar-refractivity contribution in [1.29, 1.82) is 0 Å². The highest BCUT2D eigenvalue weighted by Crippen LogP contribution is 2.26. The smallest absolute Gasteiger partial charge is 0.251 e. The van der Waals surface area contributed by atoms with Crippen molar-refractivity contribution in [2.45, 2.75) is 0 Å². The molecular weight excluding hydrogens is 360 g/mol. The number of nitrogens with zero attached hydrogens (tertiary/aromatic N) is 2. The monoisotopic (exact) mass is 376 g/mol. The molecule has 2 heterocycles. The molecule has 6 nitrogen and oxygen atoms in total. The lowest BCUT2D eigenvalue weighted by Crippen LogP contribution is -2.32. The first-order chi connectivity index (χ1) is 13.2. The van der Waals surface area contributed by atoms with Crippen LogP contribution in [0.3, 0.4) is 0 Å². The molecule has 0 saturated heterocycles. The third-order valence-electron chi connectivity index (χ3n) is 3.93. The molecule has 27 heavy (non-hydrogen) atoms. The van der Waals surface area contributed by atoms with Crippen molar-refractivity contribution in [3.63, 3.8) is 0 Å². The Labute approximate surface area is 159 Å². The molecule has 0 bridgehead atoms. The second-order valence-corrected chi connectivity index (χ2v) is 6.88. The summed E-state index contributed by atoms with van der Waals surface area (Å²) in [4.78, 5) is 28.9. The Kier molecular flexibility index (Phi) is 4.67. The molecule has 2 aromatic carbocycles. The lowest BCUT2D eigenvalue weighted by Gasteiger charge is -2.07. The van der Waals surface area contributed by atoms with E-state index in [-0.39, 0.29) is 18.4 Å². The van der Waals surface area contributed by atoms with Crippen molar-refractivity contribution in [2.75, 3.05) is 11.9 Å². The number of rotatable bonds is 5. The van der Waals surface area contributed by atoms with Crippen LogP contribution in [0.25, 0.3) is 15.3 Å². The van der Waals surface area contributed by atoms with Crippen LogP contribution >= 0.6 is 11.3 Å². The first-order valence-corrected chi connectivity index (χ1v) is 9.18. The van der Waals surface area contributed by atoms with Gasteiger partial charge in [-0.1, -0.05) is 29.5 Å². The molecule has 7 heteroatoms. The first kappa shape index (κ1) is 17.0. The van der Waals surface area contributed by atoms with E-state index in [1.54, 1.807) is 24.3 Å². The fourth-order valence-electron chi connectivity index (χ4n) is 2.62. The number of nitrogens with one attached hydrogen (secondary N) is 2. The number of para-hydroxylation sites is 1. The predicted octanol–water partition coefficient (Wildman–Crippen LogP) is 3.46. The van der Waals surface area contributed by atoms with Crippen molar-refractivity contribution in [3.05, 3.63) is 78.6 Å². The molecule has 2 N–H and O–H groups in total. The van der Waals surface area contributed by atoms with Gasteiger partial charge in [-0.25, -0.2) is 4.98 Å². The van der Waals surface area contributed by atoms with Crippen LogP contribution in [0, 0.1) is 0 Å². The summed E-state index contributed by atoms with van der Waals surface area (Å²) in [6.07, 6.45) is 3.85. The molecule has 0 unspecified atom stereocenters. The lowest BCUT2D eigenvalue weighted by molar-refractivity contribution is -0.115. The highest BCUT2D eigenvalue weighted by Gasteiger charge is 2.11. The highest BCUT2D eigenvalue weighted by atomic mass is 32.1. The molecule has 0 atom stereocenters. The molecule has 134 valence electrons. The van der Waals surface area contributed by atoms with Gasteiger partial charge in [0.15, 0.2) is 5.13 Å². The third-order valence-corrected chi connectivity index (χ3v) is 4.96. The molecule has 0 spiro atoms. The van der Waals surface area contributed by atoms with Crippen LogP contribution in [0.15, 0.2) is 73.1 Å². The molecule has 0 aliphatic carbocycles. The van der Waals surface area contributed by atoms with E-state index >= 15 is 0 Å². The van der Waals surface area contributed by atoms with Crippen LogP contribution in [-0.4, -0.2) is 27.9 Å². The summed E-state index contributed by atoms with van der Waals surface area (Å²) in [5, 5.41) is 6.22. The van der Waals surface area contributed by atoms with E-state index in [9.17, 15) is 9.59 Å². The number of carbonyl (C=O) groups is 2. The van der Waals surface area contributed by atoms with Crippen LogP contribution < -0.4 is 10.6 Å². The van der Waals surface area contributed by atoms with Gasteiger partial charge in [0.25, 0.3) is 5.91 Å². The average molecular weight is 376 g/mol. The summed E-state index contributed by atoms with van der Waals surface area (Å²) < 4.78 is 2.85. The predicted molar refractivity (Wildman–Crippen MR) is 106 cm³/mol. The van der Waals surface area contributed by atoms with E-state index in [1.807, 2.05) is 53.4 Å². The number of carbonyl (C=O) groups excluding carboxylic acids is 2. The number of hydrogen-bond donors (Lipinski definition) is 2. The summed E-state index contributed by atoms with van der Waals surface area (Å²) in [6.45, 7) is -0.0942. The summed E-state index contributed by atoms with van der Waals surface area (Å²) in [5.41, 5.74) is 2.03. The van der Waals surface area contributed by atoms with E-state index in [0.29, 0.717) is 11.3 Å². The second kappa shape index (κ2) is 7.43. The number of thiazole rings is 1. The van der Waals surface area contributed by atoms with Crippen LogP contribution in [0.5, 0.6) is 0 Å². The zero-order valence-corrected chi connectivity index (χ0v) is 15.1. The maximum absolute atomic E-state index is 12.4. The molecule has 0 aliphatic heterocycles. The number of amides is 2. The van der Waals surface area contributed by atoms with Gasteiger partial charge in [-0.15, -0.1) is 0 Å². The Hall–Kier alpha value is -3.45. The molecule has 4 aromatic rings. The van der Waals surface area contributed by atoms with E-state index in [0.717, 1.165) is 15.3 Å². The maximum atomic E-state index is 12.4. The van der Waals surface area contributed by atoms with Gasteiger partial charge in [-0.3, -0.25) is 9.59 Å². The summed E-state index contributed by atoms with van der Waals surface area (Å²) in [5.74, 6) is -0.570. The minimum absolute atomic E-state index is 0.0942. The fourth-order valence-corrected chi connectivity index (χ4v) is 3.59. The standard InChI is InChI=1S/C20H16N4O2S/c25-18(22-15-6-2-1-3-7-15)13-21-19(26)14-8-9-16-17(12-14)27-20(23-16)24-10-4-5-11-24/h1-12H,13H2,(H,21,26)(H,22,25). The van der Waals surface area contributed by atoms with Crippen LogP contribution in [-0.2, 0) is 4.79 Å². The van der Waals surface area contributed by atoms with Crippen molar-refractivity contribution in [2.24, 2.45) is 0 Å². The topological polar surface area (TPSA) is 76.0 Å². The molecule has 0 aliphatic rings. The fraction of sp³-hybridized carbons (Fsp3) is 0.0500. The number of fused-ring (bicyclic) bond motifs is 1. The zero-order valence-electron chi connectivity index (χ0n) is 14.3. The number of hydrogen-bond acceptors (Lipinski definition) is 4. The van der Waals surface area contributed by atoms with Crippen molar-refractivity contribution >= 4 is 39.1 Å². The quantitative estimate of drug-likeness (QED) is 0.560. The van der Waals surface area contributed by atoms with Crippen molar-refractivity contribution in [1.82, 2.24) is 14.9 Å². The van der Waals surface area contributed by atoms with Gasteiger partial charge >= 0.3 is 0 Å². The summed E-state index contributed by atoms with van der Waals surface area (Å²) in [6, 6.07) is 18.3. The number of anilines is 1. The van der Waals surface area contributed by atoms with Crippen LogP contribution in [0.4, 0.5) is 5.69 Å². The highest BCUT2D eigenvalue weighted by molar-refractivity contribution is 7.20. The Morgan fingerprint density at radius 1 is 1.00 bits per heavy atom. The zero-order chi connectivity index (χ0) is 18.6. The summed E-state index contributed by atoms with van der Waals surface area (Å²) in [7, 11) is 0. The minimum Gasteiger partial charge on any atom is -0.343 e. The maximum Gasteiger partial charge on any atom is 0.251 e. The van der Waals surface area contributed by atoms with Gasteiger partial charge in [0.05, 0.1) is 16.8 Å². The minimum atomic E-state index is -0.295. The van der Waals surface area contributed by atoms with Gasteiger partial charge in [0, 0.05) is 23.6 Å². The molecule has 2 amide bonds. The Balaban J connectivity index is 1.42. The van der Waals surface area contributed by atoms with Gasteiger partial charge < -0.3 is 15.2 Å². The van der Waals surface area contributed by atoms with Crippen molar-refractivity contribution in [3.8, 4) is 5.13 Å². The Bertz CT molecular complexity index is 1090. The Morgan fingerprint density at radius 3 is 2.56 bits per heavy atom. The van der Waals surface area contributed by atoms with Crippen LogP contribution in [0.1, 0.15) is 10.4 Å². The molecule has 0 radical (unpaired) electrons. The van der Waals surface area contributed by atoms with Gasteiger partial charge in [0.2, 0.25) is 5.91 Å². The molecule has 0 saturated carbocycles. The SMILES string of the molecule is O=C(CNC(=O)c1ccc2nc(-n3cccc3)sc2c1)Nc1ccccc1. The van der Waals surface area contributed by atoms with Gasteiger partial charge in [-0.2, -0.15) is 0 Å².